The summed E-state index contributed by atoms with van der Waals surface area (Å²) in [5.41, 5.74) is 0. The zero-order valence-corrected chi connectivity index (χ0v) is 11.1. The molecule has 18 heavy (non-hydrogen) atoms. The summed E-state index contributed by atoms with van der Waals surface area (Å²) < 4.78 is 0. The van der Waals surface area contributed by atoms with Crippen molar-refractivity contribution in [1.29, 1.82) is 0 Å². The lowest BCUT2D eigenvalue weighted by Crippen LogP contribution is -2.34. The molecule has 0 aromatic heterocycles. The van der Waals surface area contributed by atoms with Crippen LogP contribution in [0, 0.1) is 17.8 Å². The van der Waals surface area contributed by atoms with Gasteiger partial charge in [0.2, 0.25) is 5.91 Å². The standard InChI is InChI=1S/C14H23NO3/c1-2-4-10-5-3-7-15(8-6-10)13(16)11-9-12(11)14(17)18/h10-12H,2-9H2,1H3,(H,17,18). The Kier molecular flexibility index (Phi) is 4.25. The first-order valence-electron chi connectivity index (χ1n) is 7.15. The Bertz CT molecular complexity index is 329. The number of nitrogens with zero attached hydrogens (tertiary/aromatic N) is 1. The van der Waals surface area contributed by atoms with E-state index in [9.17, 15) is 9.59 Å². The summed E-state index contributed by atoms with van der Waals surface area (Å²) in [5, 5.41) is 8.87. The molecular formula is C14H23NO3. The summed E-state index contributed by atoms with van der Waals surface area (Å²) in [4.78, 5) is 24.9. The van der Waals surface area contributed by atoms with Gasteiger partial charge in [-0.2, -0.15) is 0 Å². The number of carbonyl (C=O) groups excluding carboxylic acids is 1. The number of amides is 1. The second-order valence-corrected chi connectivity index (χ2v) is 5.70. The Balaban J connectivity index is 1.83. The molecule has 1 N–H and O–H groups in total. The molecule has 0 bridgehead atoms. The molecule has 1 saturated heterocycles. The first-order valence-corrected chi connectivity index (χ1v) is 7.15. The van der Waals surface area contributed by atoms with Gasteiger partial charge >= 0.3 is 5.97 Å². The minimum atomic E-state index is -0.813. The van der Waals surface area contributed by atoms with E-state index in [1.807, 2.05) is 4.90 Å². The highest BCUT2D eigenvalue weighted by Crippen LogP contribution is 2.40. The van der Waals surface area contributed by atoms with Crippen LogP contribution in [-0.2, 0) is 9.59 Å². The fourth-order valence-electron chi connectivity index (χ4n) is 3.06. The third kappa shape index (κ3) is 3.03. The van der Waals surface area contributed by atoms with Crippen LogP contribution in [0.1, 0.15) is 45.4 Å². The zero-order valence-electron chi connectivity index (χ0n) is 11.1. The number of hydrogen-bond donors (Lipinski definition) is 1. The molecule has 0 spiro atoms. The Labute approximate surface area is 108 Å². The SMILES string of the molecule is CCCC1CCCN(C(=O)C2CC2C(=O)O)CC1. The summed E-state index contributed by atoms with van der Waals surface area (Å²) in [6.45, 7) is 3.85. The van der Waals surface area contributed by atoms with Crippen molar-refractivity contribution in [2.24, 2.45) is 17.8 Å². The molecule has 2 rings (SSSR count). The average Bonchev–Trinajstić information content (AvgIpc) is 3.13. The van der Waals surface area contributed by atoms with Gasteiger partial charge in [-0.3, -0.25) is 9.59 Å². The van der Waals surface area contributed by atoms with Crippen LogP contribution in [-0.4, -0.2) is 35.0 Å². The molecule has 1 aliphatic carbocycles. The van der Waals surface area contributed by atoms with Crippen LogP contribution in [0.2, 0.25) is 0 Å². The van der Waals surface area contributed by atoms with Crippen LogP contribution in [0.4, 0.5) is 0 Å². The van der Waals surface area contributed by atoms with Crippen molar-refractivity contribution in [3.05, 3.63) is 0 Å². The van der Waals surface area contributed by atoms with Crippen LogP contribution < -0.4 is 0 Å². The number of carbonyl (C=O) groups is 2. The van der Waals surface area contributed by atoms with E-state index in [0.717, 1.165) is 31.8 Å². The van der Waals surface area contributed by atoms with Crippen molar-refractivity contribution in [3.63, 3.8) is 0 Å². The first-order chi connectivity index (χ1) is 8.63. The Hall–Kier alpha value is -1.06. The molecule has 3 unspecified atom stereocenters. The van der Waals surface area contributed by atoms with Gasteiger partial charge in [-0.15, -0.1) is 0 Å². The predicted molar refractivity (Wildman–Crippen MR) is 68.1 cm³/mol. The first kappa shape index (κ1) is 13.4. The van der Waals surface area contributed by atoms with Gasteiger partial charge in [0.1, 0.15) is 0 Å². The average molecular weight is 253 g/mol. The summed E-state index contributed by atoms with van der Waals surface area (Å²) in [6.07, 6.45) is 6.38. The quantitative estimate of drug-likeness (QED) is 0.835. The highest BCUT2D eigenvalue weighted by atomic mass is 16.4. The maximum atomic E-state index is 12.2. The molecule has 1 heterocycles. The molecule has 1 saturated carbocycles. The zero-order chi connectivity index (χ0) is 13.1. The van der Waals surface area contributed by atoms with E-state index in [1.165, 1.54) is 19.3 Å². The van der Waals surface area contributed by atoms with Gasteiger partial charge in [-0.1, -0.05) is 19.8 Å². The molecule has 0 aromatic rings. The van der Waals surface area contributed by atoms with E-state index in [1.54, 1.807) is 0 Å². The maximum Gasteiger partial charge on any atom is 0.307 e. The molecule has 3 atom stereocenters. The number of hydrogen-bond acceptors (Lipinski definition) is 2. The summed E-state index contributed by atoms with van der Waals surface area (Å²) >= 11 is 0. The van der Waals surface area contributed by atoms with E-state index in [0.29, 0.717) is 6.42 Å². The Morgan fingerprint density at radius 2 is 2.00 bits per heavy atom. The van der Waals surface area contributed by atoms with Crippen LogP contribution >= 0.6 is 0 Å². The lowest BCUT2D eigenvalue weighted by molar-refractivity contribution is -0.142. The minimum Gasteiger partial charge on any atom is -0.481 e. The van der Waals surface area contributed by atoms with Crippen molar-refractivity contribution in [3.8, 4) is 0 Å². The fraction of sp³-hybridized carbons (Fsp3) is 0.857. The van der Waals surface area contributed by atoms with Crippen LogP contribution in [0.3, 0.4) is 0 Å². The molecule has 2 aliphatic rings. The number of carboxylic acid groups (broad SMARTS) is 1. The van der Waals surface area contributed by atoms with Gasteiger partial charge in [0.05, 0.1) is 11.8 Å². The number of rotatable bonds is 4. The minimum absolute atomic E-state index is 0.0829. The van der Waals surface area contributed by atoms with E-state index < -0.39 is 11.9 Å². The number of carboxylic acids is 1. The van der Waals surface area contributed by atoms with Crippen molar-refractivity contribution in [2.75, 3.05) is 13.1 Å². The molecule has 0 radical (unpaired) electrons. The fourth-order valence-corrected chi connectivity index (χ4v) is 3.06. The second-order valence-electron chi connectivity index (χ2n) is 5.70. The lowest BCUT2D eigenvalue weighted by Gasteiger charge is -2.20. The molecular weight excluding hydrogens is 230 g/mol. The van der Waals surface area contributed by atoms with Gasteiger partial charge in [0, 0.05) is 13.1 Å². The van der Waals surface area contributed by atoms with Crippen molar-refractivity contribution < 1.29 is 14.7 Å². The van der Waals surface area contributed by atoms with Gasteiger partial charge in [0.15, 0.2) is 0 Å². The summed E-state index contributed by atoms with van der Waals surface area (Å²) in [6, 6.07) is 0. The summed E-state index contributed by atoms with van der Waals surface area (Å²) in [7, 11) is 0. The van der Waals surface area contributed by atoms with Crippen LogP contribution in [0.5, 0.6) is 0 Å². The van der Waals surface area contributed by atoms with Gasteiger partial charge < -0.3 is 10.0 Å². The van der Waals surface area contributed by atoms with Gasteiger partial charge in [-0.05, 0) is 31.6 Å². The smallest absolute Gasteiger partial charge is 0.307 e. The number of aliphatic carboxylic acids is 1. The van der Waals surface area contributed by atoms with Crippen LogP contribution in [0.25, 0.3) is 0 Å². The molecule has 0 aromatic carbocycles. The molecule has 1 amide bonds. The molecule has 1 aliphatic heterocycles. The second kappa shape index (κ2) is 5.72. The molecule has 4 nitrogen and oxygen atoms in total. The third-order valence-corrected chi connectivity index (χ3v) is 4.28. The van der Waals surface area contributed by atoms with E-state index >= 15 is 0 Å². The van der Waals surface area contributed by atoms with Crippen molar-refractivity contribution >= 4 is 11.9 Å². The summed E-state index contributed by atoms with van der Waals surface area (Å²) in [5.74, 6) is -0.619. The maximum absolute atomic E-state index is 12.2. The van der Waals surface area contributed by atoms with E-state index in [4.69, 9.17) is 5.11 Å². The monoisotopic (exact) mass is 253 g/mol. The number of likely N-dealkylation sites (tertiary alicyclic amines) is 1. The van der Waals surface area contributed by atoms with E-state index in [2.05, 4.69) is 6.92 Å². The lowest BCUT2D eigenvalue weighted by atomic mass is 9.96. The Morgan fingerprint density at radius 1 is 1.22 bits per heavy atom. The van der Waals surface area contributed by atoms with Gasteiger partial charge in [0.25, 0.3) is 0 Å². The van der Waals surface area contributed by atoms with Crippen molar-refractivity contribution in [2.45, 2.75) is 45.4 Å². The highest BCUT2D eigenvalue weighted by molar-refractivity contribution is 5.89. The van der Waals surface area contributed by atoms with E-state index in [-0.39, 0.29) is 11.8 Å². The third-order valence-electron chi connectivity index (χ3n) is 4.28. The Morgan fingerprint density at radius 3 is 2.61 bits per heavy atom. The topological polar surface area (TPSA) is 57.6 Å². The predicted octanol–water partition coefficient (Wildman–Crippen LogP) is 2.14. The molecule has 2 fully saturated rings. The van der Waals surface area contributed by atoms with Gasteiger partial charge in [-0.25, -0.2) is 0 Å². The van der Waals surface area contributed by atoms with Crippen molar-refractivity contribution in [1.82, 2.24) is 4.90 Å². The molecule has 102 valence electrons. The normalized spacial score (nSPS) is 31.8. The molecule has 4 heteroatoms. The highest BCUT2D eigenvalue weighted by Gasteiger charge is 2.49. The van der Waals surface area contributed by atoms with Crippen LogP contribution in [0.15, 0.2) is 0 Å². The largest absolute Gasteiger partial charge is 0.481 e.